The fourth-order valence-corrected chi connectivity index (χ4v) is 2.06. The van der Waals surface area contributed by atoms with Crippen molar-refractivity contribution in [3.63, 3.8) is 0 Å². The molecule has 0 bridgehead atoms. The summed E-state index contributed by atoms with van der Waals surface area (Å²) in [6.07, 6.45) is 0. The van der Waals surface area contributed by atoms with E-state index in [4.69, 9.17) is 4.74 Å². The topological polar surface area (TPSA) is 43.4 Å². The van der Waals surface area contributed by atoms with Crippen LogP contribution in [0.2, 0.25) is 0 Å². The van der Waals surface area contributed by atoms with E-state index < -0.39 is 10.7 Å². The zero-order chi connectivity index (χ0) is 13.0. The summed E-state index contributed by atoms with van der Waals surface area (Å²) in [5.74, 6) is 1.53. The van der Waals surface area contributed by atoms with Crippen LogP contribution in [-0.4, -0.2) is 8.42 Å². The lowest BCUT2D eigenvalue weighted by atomic mass is 10.2. The molecule has 0 aliphatic carbocycles. The van der Waals surface area contributed by atoms with Gasteiger partial charge in [0.1, 0.15) is 22.2 Å². The zero-order valence-corrected chi connectivity index (χ0v) is 10.9. The fourth-order valence-electron chi connectivity index (χ4n) is 1.55. The molecule has 0 spiro atoms. The minimum Gasteiger partial charge on any atom is -0.457 e. The molecule has 0 atom stereocenters. The number of hydrogen-bond acceptors (Lipinski definition) is 3. The van der Waals surface area contributed by atoms with E-state index in [0.29, 0.717) is 5.75 Å². The Morgan fingerprint density at radius 3 is 1.89 bits per heavy atom. The molecule has 0 fully saturated rings. The van der Waals surface area contributed by atoms with Crippen molar-refractivity contribution in [2.24, 2.45) is 0 Å². The van der Waals surface area contributed by atoms with Gasteiger partial charge in [0.15, 0.2) is 0 Å². The Hall–Kier alpha value is -1.81. The average Bonchev–Trinajstić information content (AvgIpc) is 2.34. The summed E-state index contributed by atoms with van der Waals surface area (Å²) >= 11 is 0. The van der Waals surface area contributed by atoms with Gasteiger partial charge in [-0.15, -0.1) is 0 Å². The third-order valence-electron chi connectivity index (χ3n) is 2.49. The molecule has 2 rings (SSSR count). The summed E-state index contributed by atoms with van der Waals surface area (Å²) < 4.78 is 26.8. The molecule has 0 unspecified atom stereocenters. The van der Waals surface area contributed by atoms with Gasteiger partial charge in [-0.2, -0.15) is 0 Å². The third kappa shape index (κ3) is 3.60. The van der Waals surface area contributed by atoms with Gasteiger partial charge in [0.05, 0.1) is 5.75 Å². The van der Waals surface area contributed by atoms with Gasteiger partial charge in [0.25, 0.3) is 0 Å². The Morgan fingerprint density at radius 2 is 1.39 bits per heavy atom. The van der Waals surface area contributed by atoms with E-state index in [1.807, 2.05) is 31.2 Å². The molecule has 0 radical (unpaired) electrons. The van der Waals surface area contributed by atoms with Crippen molar-refractivity contribution in [1.29, 1.82) is 0 Å². The minimum absolute atomic E-state index is 0.0696. The van der Waals surface area contributed by atoms with Gasteiger partial charge in [-0.05, 0) is 36.8 Å². The minimum atomic E-state index is -2.38. The van der Waals surface area contributed by atoms with Crippen LogP contribution in [0.15, 0.2) is 48.5 Å². The van der Waals surface area contributed by atoms with Crippen molar-refractivity contribution in [2.75, 3.05) is 0 Å². The van der Waals surface area contributed by atoms with Crippen LogP contribution >= 0.6 is 0 Å². The van der Waals surface area contributed by atoms with Crippen LogP contribution in [0.1, 0.15) is 11.1 Å². The van der Waals surface area contributed by atoms with Crippen LogP contribution in [0.4, 0.5) is 0 Å². The highest BCUT2D eigenvalue weighted by Crippen LogP contribution is 2.22. The number of ether oxygens (including phenoxy) is 1. The summed E-state index contributed by atoms with van der Waals surface area (Å²) in [5.41, 5.74) is 1.94. The maximum atomic E-state index is 10.6. The number of hydrogen-bond donors (Lipinski definition) is 1. The van der Waals surface area contributed by atoms with Gasteiger partial charge < -0.3 is 4.74 Å². The molecule has 4 heteroatoms. The smallest absolute Gasteiger partial charge is 0.144 e. The molecule has 0 saturated heterocycles. The Bertz CT molecular complexity index is 575. The summed E-state index contributed by atoms with van der Waals surface area (Å²) in [7, 11) is -2.38. The van der Waals surface area contributed by atoms with Gasteiger partial charge in [0, 0.05) is 0 Å². The van der Waals surface area contributed by atoms with Crippen LogP contribution in [0, 0.1) is 6.92 Å². The van der Waals surface area contributed by atoms with Crippen molar-refractivity contribution in [2.45, 2.75) is 12.7 Å². The molecule has 0 amide bonds. The molecule has 18 heavy (non-hydrogen) atoms. The third-order valence-corrected chi connectivity index (χ3v) is 3.12. The SMILES string of the molecule is Cc1ccc(Oc2ccc(C[SH](=O)=O)cc2)cc1. The van der Waals surface area contributed by atoms with Crippen molar-refractivity contribution in [3.05, 3.63) is 59.7 Å². The van der Waals surface area contributed by atoms with E-state index in [1.165, 1.54) is 5.56 Å². The number of benzene rings is 2. The molecule has 0 aliphatic heterocycles. The molecule has 3 nitrogen and oxygen atoms in total. The van der Waals surface area contributed by atoms with Crippen molar-refractivity contribution in [3.8, 4) is 11.5 Å². The predicted molar refractivity (Wildman–Crippen MR) is 71.7 cm³/mol. The lowest BCUT2D eigenvalue weighted by molar-refractivity contribution is 0.482. The molecule has 0 heterocycles. The fraction of sp³-hybridized carbons (Fsp3) is 0.143. The van der Waals surface area contributed by atoms with E-state index in [9.17, 15) is 8.42 Å². The van der Waals surface area contributed by atoms with Gasteiger partial charge in [-0.25, -0.2) is 8.42 Å². The molecule has 0 aliphatic rings. The molecule has 0 aromatic heterocycles. The molecule has 94 valence electrons. The normalized spacial score (nSPS) is 10.6. The first-order valence-electron chi connectivity index (χ1n) is 5.59. The zero-order valence-electron chi connectivity index (χ0n) is 10.00. The summed E-state index contributed by atoms with van der Waals surface area (Å²) in [4.78, 5) is 0. The highest BCUT2D eigenvalue weighted by atomic mass is 32.2. The Balaban J connectivity index is 2.08. The number of rotatable bonds is 4. The molecule has 2 aromatic rings. The first kappa shape index (κ1) is 12.6. The number of aryl methyl sites for hydroxylation is 1. The first-order chi connectivity index (χ1) is 8.63. The molecular formula is C14H14O3S. The lowest BCUT2D eigenvalue weighted by Gasteiger charge is -2.06. The summed E-state index contributed by atoms with van der Waals surface area (Å²) in [6, 6.07) is 14.8. The monoisotopic (exact) mass is 262 g/mol. The van der Waals surface area contributed by atoms with Crippen LogP contribution in [0.3, 0.4) is 0 Å². The molecular weight excluding hydrogens is 248 g/mol. The number of thiol groups is 1. The van der Waals surface area contributed by atoms with Gasteiger partial charge >= 0.3 is 0 Å². The van der Waals surface area contributed by atoms with Crippen LogP contribution in [0.5, 0.6) is 11.5 Å². The predicted octanol–water partition coefficient (Wildman–Crippen LogP) is 2.90. The highest BCUT2D eigenvalue weighted by Gasteiger charge is 1.98. The standard InChI is InChI=1S/C14H14O3S/c1-11-2-6-13(7-3-11)17-14-8-4-12(5-9-14)10-18(15)16/h2-9,18H,10H2,1H3. The Morgan fingerprint density at radius 1 is 0.889 bits per heavy atom. The van der Waals surface area contributed by atoms with Crippen LogP contribution < -0.4 is 4.74 Å². The molecule has 2 aromatic carbocycles. The van der Waals surface area contributed by atoms with Gasteiger partial charge in [0.2, 0.25) is 0 Å². The van der Waals surface area contributed by atoms with E-state index in [1.54, 1.807) is 24.3 Å². The van der Waals surface area contributed by atoms with E-state index in [-0.39, 0.29) is 5.75 Å². The maximum Gasteiger partial charge on any atom is 0.144 e. The highest BCUT2D eigenvalue weighted by molar-refractivity contribution is 7.71. The Kier molecular flexibility index (Phi) is 3.99. The second-order valence-corrected chi connectivity index (χ2v) is 5.03. The van der Waals surface area contributed by atoms with Crippen molar-refractivity contribution >= 4 is 10.7 Å². The van der Waals surface area contributed by atoms with Crippen molar-refractivity contribution < 1.29 is 13.2 Å². The Labute approximate surface area is 108 Å². The maximum absolute atomic E-state index is 10.6. The largest absolute Gasteiger partial charge is 0.457 e. The molecule has 0 saturated carbocycles. The van der Waals surface area contributed by atoms with Gasteiger partial charge in [-0.3, -0.25) is 0 Å². The lowest BCUT2D eigenvalue weighted by Crippen LogP contribution is -1.88. The van der Waals surface area contributed by atoms with E-state index in [0.717, 1.165) is 11.3 Å². The van der Waals surface area contributed by atoms with Gasteiger partial charge in [-0.1, -0.05) is 29.8 Å². The average molecular weight is 262 g/mol. The van der Waals surface area contributed by atoms with E-state index in [2.05, 4.69) is 0 Å². The van der Waals surface area contributed by atoms with E-state index >= 15 is 0 Å². The molecule has 0 N–H and O–H groups in total. The second-order valence-electron chi connectivity index (χ2n) is 4.05. The summed E-state index contributed by atoms with van der Waals surface area (Å²) in [6.45, 7) is 2.02. The first-order valence-corrected chi connectivity index (χ1v) is 6.95. The van der Waals surface area contributed by atoms with Crippen LogP contribution in [-0.2, 0) is 16.5 Å². The summed E-state index contributed by atoms with van der Waals surface area (Å²) in [5, 5.41) is 0. The van der Waals surface area contributed by atoms with Crippen LogP contribution in [0.25, 0.3) is 0 Å². The quantitative estimate of drug-likeness (QED) is 0.862. The van der Waals surface area contributed by atoms with Crippen molar-refractivity contribution in [1.82, 2.24) is 0 Å². The second kappa shape index (κ2) is 5.69.